The molecule has 0 radical (unpaired) electrons. The first-order valence-corrected chi connectivity index (χ1v) is 7.38. The van der Waals surface area contributed by atoms with E-state index in [1.54, 1.807) is 17.5 Å². The van der Waals surface area contributed by atoms with Crippen LogP contribution in [0.2, 0.25) is 0 Å². The van der Waals surface area contributed by atoms with E-state index in [4.69, 9.17) is 0 Å². The third-order valence-electron chi connectivity index (χ3n) is 2.52. The van der Waals surface area contributed by atoms with Gasteiger partial charge in [-0.15, -0.1) is 11.3 Å². The first kappa shape index (κ1) is 14.0. The quantitative estimate of drug-likeness (QED) is 0.892. The van der Waals surface area contributed by atoms with Gasteiger partial charge in [0.2, 0.25) is 0 Å². The Hall–Kier alpha value is -1.40. The van der Waals surface area contributed by atoms with Gasteiger partial charge in [-0.2, -0.15) is 0 Å². The number of hydrogen-bond donors (Lipinski definition) is 2. The standard InChI is InChI=1S/C13H14BrN3OS/c1-8-3-4-10(5-12(8)14)17-13(18)16-7-11-6-15-9(2)19-11/h3-6H,7H2,1-2H3,(H2,16,17,18). The van der Waals surface area contributed by atoms with E-state index < -0.39 is 0 Å². The van der Waals surface area contributed by atoms with Crippen molar-refractivity contribution in [2.45, 2.75) is 20.4 Å². The number of amides is 2. The van der Waals surface area contributed by atoms with E-state index in [2.05, 4.69) is 31.5 Å². The second-order valence-corrected chi connectivity index (χ2v) is 6.29. The van der Waals surface area contributed by atoms with Gasteiger partial charge in [0.1, 0.15) is 0 Å². The molecular weight excluding hydrogens is 326 g/mol. The molecule has 6 heteroatoms. The summed E-state index contributed by atoms with van der Waals surface area (Å²) in [6.07, 6.45) is 1.78. The van der Waals surface area contributed by atoms with Crippen molar-refractivity contribution in [1.82, 2.24) is 10.3 Å². The minimum Gasteiger partial charge on any atom is -0.333 e. The molecule has 0 spiro atoms. The van der Waals surface area contributed by atoms with Crippen LogP contribution in [0.25, 0.3) is 0 Å². The molecule has 0 saturated heterocycles. The zero-order valence-electron chi connectivity index (χ0n) is 10.7. The number of benzene rings is 1. The van der Waals surface area contributed by atoms with Crippen LogP contribution in [-0.2, 0) is 6.54 Å². The number of carbonyl (C=O) groups is 1. The summed E-state index contributed by atoms with van der Waals surface area (Å²) in [5.41, 5.74) is 1.89. The lowest BCUT2D eigenvalue weighted by atomic mass is 10.2. The summed E-state index contributed by atoms with van der Waals surface area (Å²) >= 11 is 5.02. The molecule has 0 aliphatic heterocycles. The minimum atomic E-state index is -0.221. The van der Waals surface area contributed by atoms with E-state index in [0.717, 1.165) is 25.6 Å². The first-order valence-electron chi connectivity index (χ1n) is 5.77. The topological polar surface area (TPSA) is 54.0 Å². The second-order valence-electron chi connectivity index (χ2n) is 4.12. The summed E-state index contributed by atoms with van der Waals surface area (Å²) < 4.78 is 0.975. The lowest BCUT2D eigenvalue weighted by Gasteiger charge is -2.08. The van der Waals surface area contributed by atoms with Crippen molar-refractivity contribution in [1.29, 1.82) is 0 Å². The molecule has 2 aromatic rings. The molecule has 4 nitrogen and oxygen atoms in total. The molecule has 19 heavy (non-hydrogen) atoms. The smallest absolute Gasteiger partial charge is 0.319 e. The Morgan fingerprint density at radius 1 is 1.42 bits per heavy atom. The van der Waals surface area contributed by atoms with Crippen molar-refractivity contribution in [2.24, 2.45) is 0 Å². The summed E-state index contributed by atoms with van der Waals surface area (Å²) in [7, 11) is 0. The van der Waals surface area contributed by atoms with Crippen molar-refractivity contribution in [3.63, 3.8) is 0 Å². The highest BCUT2D eigenvalue weighted by atomic mass is 79.9. The average molecular weight is 340 g/mol. The van der Waals surface area contributed by atoms with Gasteiger partial charge in [-0.25, -0.2) is 9.78 Å². The molecule has 2 amide bonds. The maximum absolute atomic E-state index is 11.7. The molecule has 1 heterocycles. The van der Waals surface area contributed by atoms with E-state index >= 15 is 0 Å². The maximum atomic E-state index is 11.7. The lowest BCUT2D eigenvalue weighted by molar-refractivity contribution is 0.252. The van der Waals surface area contributed by atoms with Gasteiger partial charge in [0, 0.05) is 21.2 Å². The molecule has 0 unspecified atom stereocenters. The van der Waals surface area contributed by atoms with Gasteiger partial charge in [-0.1, -0.05) is 22.0 Å². The third kappa shape index (κ3) is 4.04. The number of nitrogens with zero attached hydrogens (tertiary/aromatic N) is 1. The van der Waals surface area contributed by atoms with E-state index in [1.165, 1.54) is 0 Å². The number of nitrogens with one attached hydrogen (secondary N) is 2. The molecule has 2 N–H and O–H groups in total. The number of hydrogen-bond acceptors (Lipinski definition) is 3. The summed E-state index contributed by atoms with van der Waals surface area (Å²) in [6, 6.07) is 5.48. The average Bonchev–Trinajstić information content (AvgIpc) is 2.77. The molecule has 100 valence electrons. The highest BCUT2D eigenvalue weighted by molar-refractivity contribution is 9.10. The zero-order chi connectivity index (χ0) is 13.8. The van der Waals surface area contributed by atoms with Gasteiger partial charge in [0.15, 0.2) is 0 Å². The number of carbonyl (C=O) groups excluding carboxylic acids is 1. The summed E-state index contributed by atoms with van der Waals surface area (Å²) in [5, 5.41) is 6.59. The Morgan fingerprint density at radius 3 is 2.84 bits per heavy atom. The number of halogens is 1. The molecule has 0 fully saturated rings. The van der Waals surface area contributed by atoms with Crippen LogP contribution in [0, 0.1) is 13.8 Å². The Balaban J connectivity index is 1.88. The summed E-state index contributed by atoms with van der Waals surface area (Å²) in [4.78, 5) is 16.9. The lowest BCUT2D eigenvalue weighted by Crippen LogP contribution is -2.27. The van der Waals surface area contributed by atoms with Crippen LogP contribution < -0.4 is 10.6 Å². The SMILES string of the molecule is Cc1ncc(CNC(=O)Nc2ccc(C)c(Br)c2)s1. The largest absolute Gasteiger partial charge is 0.333 e. The predicted octanol–water partition coefficient (Wildman–Crippen LogP) is 3.84. The van der Waals surface area contributed by atoms with Crippen LogP contribution in [0.5, 0.6) is 0 Å². The van der Waals surface area contributed by atoms with Crippen LogP contribution in [0.15, 0.2) is 28.9 Å². The van der Waals surface area contributed by atoms with Gasteiger partial charge in [-0.05, 0) is 31.5 Å². The molecule has 0 aliphatic rings. The van der Waals surface area contributed by atoms with Gasteiger partial charge < -0.3 is 10.6 Å². The van der Waals surface area contributed by atoms with Crippen LogP contribution in [0.3, 0.4) is 0 Å². The number of urea groups is 1. The number of thiazole rings is 1. The molecule has 0 bridgehead atoms. The zero-order valence-corrected chi connectivity index (χ0v) is 13.1. The molecular formula is C13H14BrN3OS. The molecule has 0 saturated carbocycles. The fourth-order valence-electron chi connectivity index (χ4n) is 1.50. The van der Waals surface area contributed by atoms with Gasteiger partial charge in [0.25, 0.3) is 0 Å². The molecule has 0 atom stereocenters. The number of rotatable bonds is 3. The van der Waals surface area contributed by atoms with Crippen LogP contribution in [0.4, 0.5) is 10.5 Å². The Bertz CT molecular complexity index is 597. The predicted molar refractivity (Wildman–Crippen MR) is 81.6 cm³/mol. The molecule has 1 aromatic heterocycles. The van der Waals surface area contributed by atoms with Crippen molar-refractivity contribution >= 4 is 39.0 Å². The van der Waals surface area contributed by atoms with Crippen molar-refractivity contribution in [3.8, 4) is 0 Å². The number of aryl methyl sites for hydroxylation is 2. The van der Waals surface area contributed by atoms with E-state index in [1.807, 2.05) is 32.0 Å². The van der Waals surface area contributed by atoms with Crippen molar-refractivity contribution in [3.05, 3.63) is 44.3 Å². The summed E-state index contributed by atoms with van der Waals surface area (Å²) in [6.45, 7) is 4.43. The van der Waals surface area contributed by atoms with E-state index in [0.29, 0.717) is 6.54 Å². The second kappa shape index (κ2) is 6.16. The summed E-state index contributed by atoms with van der Waals surface area (Å²) in [5.74, 6) is 0. The fraction of sp³-hybridized carbons (Fsp3) is 0.231. The number of aromatic nitrogens is 1. The highest BCUT2D eigenvalue weighted by Gasteiger charge is 2.04. The highest BCUT2D eigenvalue weighted by Crippen LogP contribution is 2.20. The normalized spacial score (nSPS) is 10.3. The van der Waals surface area contributed by atoms with E-state index in [-0.39, 0.29) is 6.03 Å². The third-order valence-corrected chi connectivity index (χ3v) is 4.29. The maximum Gasteiger partial charge on any atom is 0.319 e. The Morgan fingerprint density at radius 2 is 2.21 bits per heavy atom. The van der Waals surface area contributed by atoms with E-state index in [9.17, 15) is 4.79 Å². The monoisotopic (exact) mass is 339 g/mol. The molecule has 2 rings (SSSR count). The van der Waals surface area contributed by atoms with Crippen LogP contribution >= 0.6 is 27.3 Å². The minimum absolute atomic E-state index is 0.221. The van der Waals surface area contributed by atoms with Gasteiger partial charge in [-0.3, -0.25) is 0 Å². The fourth-order valence-corrected chi connectivity index (χ4v) is 2.61. The Labute approximate surface area is 124 Å². The van der Waals surface area contributed by atoms with Crippen molar-refractivity contribution in [2.75, 3.05) is 5.32 Å². The van der Waals surface area contributed by atoms with Crippen molar-refractivity contribution < 1.29 is 4.79 Å². The van der Waals surface area contributed by atoms with Gasteiger partial charge in [0.05, 0.1) is 11.6 Å². The van der Waals surface area contributed by atoms with Gasteiger partial charge >= 0.3 is 6.03 Å². The first-order chi connectivity index (χ1) is 9.04. The van der Waals surface area contributed by atoms with Crippen LogP contribution in [0.1, 0.15) is 15.4 Å². The number of anilines is 1. The van der Waals surface area contributed by atoms with Crippen LogP contribution in [-0.4, -0.2) is 11.0 Å². The molecule has 0 aliphatic carbocycles. The molecule has 1 aromatic carbocycles. The Kier molecular flexibility index (Phi) is 4.55.